The zero-order chi connectivity index (χ0) is 9.14. The van der Waals surface area contributed by atoms with Crippen LogP contribution in [0.3, 0.4) is 0 Å². The first-order valence-electron chi connectivity index (χ1n) is 4.08. The van der Waals surface area contributed by atoms with Crippen molar-refractivity contribution in [2.75, 3.05) is 13.3 Å². The zero-order valence-corrected chi connectivity index (χ0v) is 7.37. The first-order valence-corrected chi connectivity index (χ1v) is 4.08. The maximum Gasteiger partial charge on any atom is 0.234 e. The number of imide groups is 1. The van der Waals surface area contributed by atoms with Gasteiger partial charge in [0.05, 0.1) is 0 Å². The molecule has 0 spiro atoms. The Kier molecular flexibility index (Phi) is 2.81. The monoisotopic (exact) mass is 171 g/mol. The molecule has 12 heavy (non-hydrogen) atoms. The number of amides is 2. The van der Waals surface area contributed by atoms with E-state index in [2.05, 4.69) is 0 Å². The summed E-state index contributed by atoms with van der Waals surface area (Å²) >= 11 is 0. The second kappa shape index (κ2) is 3.67. The van der Waals surface area contributed by atoms with Gasteiger partial charge in [-0.2, -0.15) is 0 Å². The zero-order valence-electron chi connectivity index (χ0n) is 7.37. The van der Waals surface area contributed by atoms with Gasteiger partial charge in [0.1, 0.15) is 6.73 Å². The van der Waals surface area contributed by atoms with Gasteiger partial charge in [-0.25, -0.2) is 0 Å². The minimum absolute atomic E-state index is 0.110. The maximum atomic E-state index is 11.2. The third kappa shape index (κ3) is 1.64. The molecule has 0 aromatic carbocycles. The summed E-state index contributed by atoms with van der Waals surface area (Å²) in [7, 11) is 0. The largest absolute Gasteiger partial charge is 0.361 e. The van der Waals surface area contributed by atoms with Gasteiger partial charge in [0, 0.05) is 18.9 Å². The Labute approximate surface area is 71.5 Å². The Morgan fingerprint density at radius 3 is 2.67 bits per heavy atom. The molecule has 1 unspecified atom stereocenters. The summed E-state index contributed by atoms with van der Waals surface area (Å²) in [5.74, 6) is -0.410. The molecule has 0 aromatic rings. The number of nitrogens with zero attached hydrogens (tertiary/aromatic N) is 1. The Morgan fingerprint density at radius 1 is 1.58 bits per heavy atom. The van der Waals surface area contributed by atoms with Gasteiger partial charge in [-0.3, -0.25) is 14.5 Å². The minimum atomic E-state index is -0.169. The lowest BCUT2D eigenvalue weighted by Gasteiger charge is -2.12. The molecule has 1 saturated heterocycles. The topological polar surface area (TPSA) is 46.6 Å². The van der Waals surface area contributed by atoms with Crippen molar-refractivity contribution in [2.45, 2.75) is 20.3 Å². The molecule has 0 bridgehead atoms. The fourth-order valence-corrected chi connectivity index (χ4v) is 1.17. The first kappa shape index (κ1) is 9.19. The van der Waals surface area contributed by atoms with Crippen LogP contribution in [0.2, 0.25) is 0 Å². The smallest absolute Gasteiger partial charge is 0.234 e. The molecule has 0 saturated carbocycles. The summed E-state index contributed by atoms with van der Waals surface area (Å²) in [4.78, 5) is 23.5. The number of carbonyl (C=O) groups is 2. The third-order valence-corrected chi connectivity index (χ3v) is 1.89. The Bertz CT molecular complexity index is 202. The number of hydrogen-bond acceptors (Lipinski definition) is 3. The van der Waals surface area contributed by atoms with Crippen molar-refractivity contribution in [3.05, 3.63) is 0 Å². The molecule has 68 valence electrons. The van der Waals surface area contributed by atoms with E-state index in [1.54, 1.807) is 6.92 Å². The van der Waals surface area contributed by atoms with Gasteiger partial charge in [-0.15, -0.1) is 0 Å². The number of rotatable bonds is 3. The van der Waals surface area contributed by atoms with Gasteiger partial charge < -0.3 is 4.74 Å². The Morgan fingerprint density at radius 2 is 2.25 bits per heavy atom. The predicted octanol–water partition coefficient (Wildman–Crippen LogP) is 0.375. The molecule has 1 fully saturated rings. The highest BCUT2D eigenvalue weighted by Gasteiger charge is 2.35. The fraction of sp³-hybridized carbons (Fsp3) is 0.750. The molecular formula is C8H13NO3. The van der Waals surface area contributed by atoms with Crippen LogP contribution >= 0.6 is 0 Å². The normalized spacial score (nSPS) is 23.8. The average Bonchev–Trinajstić information content (AvgIpc) is 2.25. The molecule has 0 aliphatic carbocycles. The molecule has 0 radical (unpaired) electrons. The van der Waals surface area contributed by atoms with Crippen molar-refractivity contribution in [1.29, 1.82) is 0 Å². The van der Waals surface area contributed by atoms with E-state index in [-0.39, 0.29) is 24.5 Å². The van der Waals surface area contributed by atoms with Crippen LogP contribution in [-0.2, 0) is 14.3 Å². The summed E-state index contributed by atoms with van der Waals surface area (Å²) in [6.45, 7) is 4.21. The SMILES string of the molecule is CCOCN1C(=O)CC(C)C1=O. The van der Waals surface area contributed by atoms with Crippen LogP contribution in [0.1, 0.15) is 20.3 Å². The minimum Gasteiger partial charge on any atom is -0.361 e. The molecule has 0 aromatic heterocycles. The molecule has 1 heterocycles. The molecule has 1 aliphatic rings. The van der Waals surface area contributed by atoms with Crippen molar-refractivity contribution in [3.8, 4) is 0 Å². The molecule has 4 nitrogen and oxygen atoms in total. The van der Waals surface area contributed by atoms with E-state index >= 15 is 0 Å². The van der Waals surface area contributed by atoms with Crippen LogP contribution in [0.4, 0.5) is 0 Å². The van der Waals surface area contributed by atoms with E-state index in [9.17, 15) is 9.59 Å². The van der Waals surface area contributed by atoms with E-state index in [0.29, 0.717) is 13.0 Å². The number of likely N-dealkylation sites (tertiary alicyclic amines) is 1. The van der Waals surface area contributed by atoms with Gasteiger partial charge in [0.2, 0.25) is 11.8 Å². The van der Waals surface area contributed by atoms with E-state index in [1.807, 2.05) is 6.92 Å². The lowest BCUT2D eigenvalue weighted by Crippen LogP contribution is -2.32. The van der Waals surface area contributed by atoms with Gasteiger partial charge in [0.15, 0.2) is 0 Å². The molecule has 4 heteroatoms. The Balaban J connectivity index is 2.52. The molecule has 2 amide bonds. The summed E-state index contributed by atoms with van der Waals surface area (Å²) < 4.78 is 4.99. The van der Waals surface area contributed by atoms with E-state index < -0.39 is 0 Å². The van der Waals surface area contributed by atoms with Crippen molar-refractivity contribution in [3.63, 3.8) is 0 Å². The highest BCUT2D eigenvalue weighted by atomic mass is 16.5. The van der Waals surface area contributed by atoms with Crippen LogP contribution in [0.25, 0.3) is 0 Å². The molecule has 1 atom stereocenters. The molecule has 0 N–H and O–H groups in total. The van der Waals surface area contributed by atoms with E-state index in [4.69, 9.17) is 4.74 Å². The second-order valence-electron chi connectivity index (χ2n) is 2.89. The van der Waals surface area contributed by atoms with Gasteiger partial charge in [0.25, 0.3) is 0 Å². The highest BCUT2D eigenvalue weighted by Crippen LogP contribution is 2.17. The van der Waals surface area contributed by atoms with Crippen molar-refractivity contribution in [2.24, 2.45) is 5.92 Å². The van der Waals surface area contributed by atoms with Gasteiger partial charge in [-0.1, -0.05) is 6.92 Å². The van der Waals surface area contributed by atoms with Crippen LogP contribution in [0.5, 0.6) is 0 Å². The highest BCUT2D eigenvalue weighted by molar-refractivity contribution is 6.03. The summed E-state index contributed by atoms with van der Waals surface area (Å²) in [5.41, 5.74) is 0. The van der Waals surface area contributed by atoms with Crippen LogP contribution in [0.15, 0.2) is 0 Å². The van der Waals surface area contributed by atoms with Gasteiger partial charge >= 0.3 is 0 Å². The lowest BCUT2D eigenvalue weighted by molar-refractivity contribution is -0.145. The average molecular weight is 171 g/mol. The summed E-state index contributed by atoms with van der Waals surface area (Å²) in [5, 5.41) is 0. The quantitative estimate of drug-likeness (QED) is 0.576. The maximum absolute atomic E-state index is 11.2. The van der Waals surface area contributed by atoms with Crippen LogP contribution in [0, 0.1) is 5.92 Å². The van der Waals surface area contributed by atoms with E-state index in [0.717, 1.165) is 0 Å². The summed E-state index contributed by atoms with van der Waals surface area (Å²) in [6, 6.07) is 0. The lowest BCUT2D eigenvalue weighted by atomic mass is 10.1. The van der Waals surface area contributed by atoms with Crippen molar-refractivity contribution in [1.82, 2.24) is 4.90 Å². The predicted molar refractivity (Wildman–Crippen MR) is 42.1 cm³/mol. The Hall–Kier alpha value is -0.900. The number of hydrogen-bond donors (Lipinski definition) is 0. The van der Waals surface area contributed by atoms with Crippen molar-refractivity contribution < 1.29 is 14.3 Å². The van der Waals surface area contributed by atoms with Crippen molar-refractivity contribution >= 4 is 11.8 Å². The van der Waals surface area contributed by atoms with Crippen LogP contribution in [-0.4, -0.2) is 30.1 Å². The first-order chi connectivity index (χ1) is 5.66. The number of carbonyl (C=O) groups excluding carboxylic acids is 2. The molecular weight excluding hydrogens is 158 g/mol. The van der Waals surface area contributed by atoms with E-state index in [1.165, 1.54) is 4.90 Å². The summed E-state index contributed by atoms with van der Waals surface area (Å²) in [6.07, 6.45) is 0.325. The standard InChI is InChI=1S/C8H13NO3/c1-3-12-5-9-7(10)4-6(2)8(9)11/h6H,3-5H2,1-2H3. The fourth-order valence-electron chi connectivity index (χ4n) is 1.17. The molecule has 1 rings (SSSR count). The second-order valence-corrected chi connectivity index (χ2v) is 2.89. The third-order valence-electron chi connectivity index (χ3n) is 1.89. The number of ether oxygens (including phenoxy) is 1. The molecule has 1 aliphatic heterocycles. The van der Waals surface area contributed by atoms with Gasteiger partial charge in [-0.05, 0) is 6.92 Å². The van der Waals surface area contributed by atoms with Crippen LogP contribution < -0.4 is 0 Å².